The minimum Gasteiger partial charge on any atom is -0.374 e. The lowest BCUT2D eigenvalue weighted by Crippen LogP contribution is -2.54. The van der Waals surface area contributed by atoms with Gasteiger partial charge in [0, 0.05) is 38.5 Å². The zero-order chi connectivity index (χ0) is 15.1. The second-order valence-electron chi connectivity index (χ2n) is 6.16. The summed E-state index contributed by atoms with van der Waals surface area (Å²) in [6, 6.07) is 0.430. The molecule has 0 spiro atoms. The topological polar surface area (TPSA) is 39.1 Å². The molecule has 1 atom stereocenters. The number of likely N-dealkylation sites (N-methyl/N-ethyl adjacent to an activating group) is 1. The Bertz CT molecular complexity index is 404. The predicted octanol–water partition coefficient (Wildman–Crippen LogP) is 3.07. The van der Waals surface area contributed by atoms with Crippen LogP contribution in [0.3, 0.4) is 0 Å². The molecule has 0 amide bonds. The molecule has 120 valence electrons. The van der Waals surface area contributed by atoms with Crippen molar-refractivity contribution in [3.63, 3.8) is 0 Å². The zero-order valence-electron chi connectivity index (χ0n) is 13.9. The molecule has 1 unspecified atom stereocenters. The van der Waals surface area contributed by atoms with E-state index in [0.29, 0.717) is 6.04 Å². The Hall–Kier alpha value is -0.870. The van der Waals surface area contributed by atoms with Crippen LogP contribution in [0.25, 0.3) is 0 Å². The molecule has 0 aromatic carbocycles. The number of ether oxygens (including phenoxy) is 1. The van der Waals surface area contributed by atoms with Gasteiger partial charge in [-0.15, -0.1) is 0 Å². The van der Waals surface area contributed by atoms with Gasteiger partial charge in [0.1, 0.15) is 5.82 Å². The second kappa shape index (κ2) is 7.95. The Morgan fingerprint density at radius 1 is 1.33 bits per heavy atom. The van der Waals surface area contributed by atoms with Crippen LogP contribution in [0.1, 0.15) is 58.2 Å². The monoisotopic (exact) mass is 293 g/mol. The lowest BCUT2D eigenvalue weighted by atomic mass is 9.77. The van der Waals surface area contributed by atoms with Gasteiger partial charge in [0.2, 0.25) is 0 Å². The Balaban J connectivity index is 2.05. The summed E-state index contributed by atoms with van der Waals surface area (Å²) >= 11 is 0. The van der Waals surface area contributed by atoms with E-state index in [1.165, 1.54) is 37.9 Å². The van der Waals surface area contributed by atoms with E-state index in [4.69, 9.17) is 4.74 Å². The normalized spacial score (nSPS) is 19.6. The van der Waals surface area contributed by atoms with Gasteiger partial charge < -0.3 is 14.6 Å². The van der Waals surface area contributed by atoms with Gasteiger partial charge in [-0.05, 0) is 32.7 Å². The maximum atomic E-state index is 6.30. The van der Waals surface area contributed by atoms with Crippen LogP contribution in [-0.2, 0) is 18.2 Å². The number of nitrogens with one attached hydrogen (secondary N) is 1. The fourth-order valence-corrected chi connectivity index (χ4v) is 3.74. The molecular formula is C17H31N3O. The first-order valence-electron chi connectivity index (χ1n) is 8.55. The molecule has 1 heterocycles. The summed E-state index contributed by atoms with van der Waals surface area (Å²) in [5.74, 6) is 1.17. The van der Waals surface area contributed by atoms with Crippen LogP contribution in [0, 0.1) is 0 Å². The Morgan fingerprint density at radius 2 is 2.10 bits per heavy atom. The summed E-state index contributed by atoms with van der Waals surface area (Å²) in [6.07, 6.45) is 12.3. The van der Waals surface area contributed by atoms with Crippen LogP contribution in [0.4, 0.5) is 0 Å². The summed E-state index contributed by atoms with van der Waals surface area (Å²) in [6.45, 7) is 6.12. The molecule has 2 rings (SSSR count). The summed E-state index contributed by atoms with van der Waals surface area (Å²) < 4.78 is 8.42. The van der Waals surface area contributed by atoms with Crippen LogP contribution < -0.4 is 5.32 Å². The minimum atomic E-state index is 0.0359. The van der Waals surface area contributed by atoms with E-state index in [9.17, 15) is 0 Å². The standard InChI is InChI=1S/C17H31N3O/c1-4-18-15(9-10-16-19-13-14-20(16)3)17(21-5-2)11-7-6-8-12-17/h13-15,18H,4-12H2,1-3H3. The van der Waals surface area contributed by atoms with Gasteiger partial charge >= 0.3 is 0 Å². The highest BCUT2D eigenvalue weighted by Crippen LogP contribution is 2.36. The molecule has 1 aromatic rings. The maximum absolute atomic E-state index is 6.30. The summed E-state index contributed by atoms with van der Waals surface area (Å²) in [7, 11) is 2.07. The second-order valence-corrected chi connectivity index (χ2v) is 6.16. The van der Waals surface area contributed by atoms with Gasteiger partial charge in [-0.25, -0.2) is 4.98 Å². The summed E-state index contributed by atoms with van der Waals surface area (Å²) in [5.41, 5.74) is 0.0359. The Kier molecular flexibility index (Phi) is 6.24. The molecule has 4 nitrogen and oxygen atoms in total. The molecule has 0 radical (unpaired) electrons. The van der Waals surface area contributed by atoms with Crippen LogP contribution >= 0.6 is 0 Å². The minimum absolute atomic E-state index is 0.0359. The average molecular weight is 293 g/mol. The van der Waals surface area contributed by atoms with E-state index in [1.54, 1.807) is 0 Å². The number of imidazole rings is 1. The Morgan fingerprint density at radius 3 is 2.67 bits per heavy atom. The predicted molar refractivity (Wildman–Crippen MR) is 86.4 cm³/mol. The third-order valence-electron chi connectivity index (χ3n) is 4.79. The van der Waals surface area contributed by atoms with Crippen LogP contribution in [0.2, 0.25) is 0 Å². The van der Waals surface area contributed by atoms with E-state index < -0.39 is 0 Å². The third-order valence-corrected chi connectivity index (χ3v) is 4.79. The molecule has 0 aliphatic heterocycles. The van der Waals surface area contributed by atoms with Gasteiger partial charge in [-0.3, -0.25) is 0 Å². The number of rotatable bonds is 8. The van der Waals surface area contributed by atoms with Crippen molar-refractivity contribution in [1.29, 1.82) is 0 Å². The van der Waals surface area contributed by atoms with Crippen molar-refractivity contribution >= 4 is 0 Å². The molecule has 1 aliphatic carbocycles. The molecule has 0 bridgehead atoms. The van der Waals surface area contributed by atoms with Gasteiger partial charge in [0.05, 0.1) is 5.60 Å². The van der Waals surface area contributed by atoms with E-state index in [0.717, 1.165) is 26.0 Å². The molecule has 1 fully saturated rings. The van der Waals surface area contributed by atoms with Crippen molar-refractivity contribution in [2.75, 3.05) is 13.2 Å². The first kappa shape index (κ1) is 16.5. The number of hydrogen-bond donors (Lipinski definition) is 1. The highest BCUT2D eigenvalue weighted by molar-refractivity contribution is 4.99. The molecule has 1 aliphatic rings. The number of nitrogens with zero attached hydrogens (tertiary/aromatic N) is 2. The molecule has 1 saturated carbocycles. The fraction of sp³-hybridized carbons (Fsp3) is 0.824. The van der Waals surface area contributed by atoms with Gasteiger partial charge in [-0.2, -0.15) is 0 Å². The van der Waals surface area contributed by atoms with E-state index >= 15 is 0 Å². The number of hydrogen-bond acceptors (Lipinski definition) is 3. The average Bonchev–Trinajstić information content (AvgIpc) is 2.90. The van der Waals surface area contributed by atoms with Crippen molar-refractivity contribution in [2.24, 2.45) is 7.05 Å². The largest absolute Gasteiger partial charge is 0.374 e. The van der Waals surface area contributed by atoms with E-state index in [-0.39, 0.29) is 5.60 Å². The maximum Gasteiger partial charge on any atom is 0.108 e. The Labute approximate surface area is 129 Å². The third kappa shape index (κ3) is 4.07. The highest BCUT2D eigenvalue weighted by atomic mass is 16.5. The van der Waals surface area contributed by atoms with E-state index in [1.807, 2.05) is 12.4 Å². The van der Waals surface area contributed by atoms with E-state index in [2.05, 4.69) is 35.8 Å². The molecular weight excluding hydrogens is 262 g/mol. The lowest BCUT2D eigenvalue weighted by molar-refractivity contribution is -0.0912. The first-order chi connectivity index (χ1) is 10.2. The fourth-order valence-electron chi connectivity index (χ4n) is 3.74. The van der Waals surface area contributed by atoms with Crippen molar-refractivity contribution in [3.8, 4) is 0 Å². The highest BCUT2D eigenvalue weighted by Gasteiger charge is 2.40. The lowest BCUT2D eigenvalue weighted by Gasteiger charge is -2.44. The SMILES string of the molecule is CCNC(CCc1nccn1C)C1(OCC)CCCCC1. The van der Waals surface area contributed by atoms with Crippen molar-refractivity contribution in [2.45, 2.75) is 70.4 Å². The van der Waals surface area contributed by atoms with Crippen molar-refractivity contribution in [3.05, 3.63) is 18.2 Å². The molecule has 1 N–H and O–H groups in total. The smallest absolute Gasteiger partial charge is 0.108 e. The van der Waals surface area contributed by atoms with Crippen molar-refractivity contribution < 1.29 is 4.74 Å². The number of aromatic nitrogens is 2. The van der Waals surface area contributed by atoms with Gasteiger partial charge in [-0.1, -0.05) is 26.2 Å². The zero-order valence-corrected chi connectivity index (χ0v) is 13.9. The van der Waals surface area contributed by atoms with Crippen LogP contribution in [0.15, 0.2) is 12.4 Å². The summed E-state index contributed by atoms with van der Waals surface area (Å²) in [4.78, 5) is 4.46. The molecule has 21 heavy (non-hydrogen) atoms. The molecule has 1 aromatic heterocycles. The van der Waals surface area contributed by atoms with Crippen molar-refractivity contribution in [1.82, 2.24) is 14.9 Å². The van der Waals surface area contributed by atoms with Gasteiger partial charge in [0.15, 0.2) is 0 Å². The first-order valence-corrected chi connectivity index (χ1v) is 8.55. The number of aryl methyl sites for hydroxylation is 2. The van der Waals surface area contributed by atoms with Gasteiger partial charge in [0.25, 0.3) is 0 Å². The molecule has 4 heteroatoms. The van der Waals surface area contributed by atoms with Crippen LogP contribution in [0.5, 0.6) is 0 Å². The quantitative estimate of drug-likeness (QED) is 0.800. The van der Waals surface area contributed by atoms with Crippen LogP contribution in [-0.4, -0.2) is 34.3 Å². The molecule has 0 saturated heterocycles. The summed E-state index contributed by atoms with van der Waals surface area (Å²) in [5, 5.41) is 3.70.